The van der Waals surface area contributed by atoms with Gasteiger partial charge in [-0.15, -0.1) is 5.10 Å². The average molecular weight is 498 g/mol. The molecule has 9 heteroatoms. The lowest BCUT2D eigenvalue weighted by Crippen LogP contribution is -2.26. The quantitative estimate of drug-likeness (QED) is 0.310. The van der Waals surface area contributed by atoms with Crippen molar-refractivity contribution < 1.29 is 4.39 Å². The predicted molar refractivity (Wildman–Crippen MR) is 140 cm³/mol. The maximum Gasteiger partial charge on any atom is 0.333 e. The molecule has 5 aromatic rings. The Labute approximate surface area is 213 Å². The number of aromatic amines is 1. The highest BCUT2D eigenvalue weighted by molar-refractivity contribution is 5.78. The molecule has 0 saturated carbocycles. The zero-order valence-electron chi connectivity index (χ0n) is 20.9. The normalized spacial score (nSPS) is 11.2. The van der Waals surface area contributed by atoms with E-state index in [1.807, 2.05) is 49.4 Å². The summed E-state index contributed by atoms with van der Waals surface area (Å²) < 4.78 is 18.1. The molecule has 3 aromatic heterocycles. The molecule has 0 fully saturated rings. The van der Waals surface area contributed by atoms with Gasteiger partial charge in [-0.05, 0) is 52.9 Å². The first kappa shape index (κ1) is 24.3. The van der Waals surface area contributed by atoms with Crippen molar-refractivity contribution in [3.63, 3.8) is 0 Å². The van der Waals surface area contributed by atoms with Crippen LogP contribution >= 0.6 is 0 Å². The van der Waals surface area contributed by atoms with E-state index in [1.165, 1.54) is 10.6 Å². The molecule has 37 heavy (non-hydrogen) atoms. The van der Waals surface area contributed by atoms with Gasteiger partial charge in [-0.3, -0.25) is 14.1 Å². The predicted octanol–water partition coefficient (Wildman–Crippen LogP) is 4.97. The molecule has 0 radical (unpaired) electrons. The Morgan fingerprint density at radius 2 is 1.84 bits per heavy atom. The van der Waals surface area contributed by atoms with Gasteiger partial charge in [-0.25, -0.2) is 14.3 Å². The van der Waals surface area contributed by atoms with Crippen LogP contribution in [0.4, 0.5) is 4.39 Å². The first-order chi connectivity index (χ1) is 18.1. The van der Waals surface area contributed by atoms with Gasteiger partial charge in [0.2, 0.25) is 0 Å². The molecule has 8 nitrogen and oxygen atoms in total. The van der Waals surface area contributed by atoms with Crippen molar-refractivity contribution in [3.8, 4) is 28.3 Å². The van der Waals surface area contributed by atoms with Crippen LogP contribution in [0.3, 0.4) is 0 Å². The number of unbranched alkanes of at least 4 members (excludes halogenated alkanes) is 1. The molecule has 1 N–H and O–H groups in total. The van der Waals surface area contributed by atoms with Gasteiger partial charge < -0.3 is 0 Å². The van der Waals surface area contributed by atoms with E-state index in [1.54, 1.807) is 23.0 Å². The van der Waals surface area contributed by atoms with Crippen LogP contribution in [0.25, 0.3) is 28.3 Å². The van der Waals surface area contributed by atoms with Crippen molar-refractivity contribution in [2.75, 3.05) is 0 Å². The Kier molecular flexibility index (Phi) is 7.02. The third-order valence-electron chi connectivity index (χ3n) is 6.51. The van der Waals surface area contributed by atoms with E-state index < -0.39 is 5.82 Å². The third kappa shape index (κ3) is 4.84. The third-order valence-corrected chi connectivity index (χ3v) is 6.51. The number of rotatable bonds is 9. The molecule has 2 aromatic carbocycles. The number of halogens is 1. The molecule has 3 heterocycles. The number of nitrogens with one attached hydrogen (secondary N) is 1. The van der Waals surface area contributed by atoms with Crippen LogP contribution < -0.4 is 5.69 Å². The smallest absolute Gasteiger partial charge is 0.292 e. The van der Waals surface area contributed by atoms with Crippen LogP contribution in [0.1, 0.15) is 43.5 Å². The van der Waals surface area contributed by atoms with E-state index in [4.69, 9.17) is 0 Å². The number of aromatic nitrogens is 7. The number of hydrogen-bond acceptors (Lipinski definition) is 5. The highest BCUT2D eigenvalue weighted by atomic mass is 19.1. The summed E-state index contributed by atoms with van der Waals surface area (Å²) in [7, 11) is 0. The standard InChI is InChI=1S/C28H28FN7O/c1-3-5-10-21-18-36(26-20(4-2)9-8-13-24(26)29)28(37)35(21)17-19-14-15-25(30-16-19)22-11-6-7-12-23(22)27-31-33-34-32-27/h6-9,11-16,18H,3-5,10,17H2,1-2H3,(H,31,32,33,34). The number of aryl methyl sites for hydroxylation is 2. The Bertz CT molecular complexity index is 1550. The van der Waals surface area contributed by atoms with E-state index in [9.17, 15) is 9.18 Å². The van der Waals surface area contributed by atoms with E-state index in [2.05, 4.69) is 32.5 Å². The fraction of sp³-hybridized carbons (Fsp3) is 0.250. The molecule has 0 atom stereocenters. The van der Waals surface area contributed by atoms with Crippen molar-refractivity contribution in [2.24, 2.45) is 0 Å². The molecule has 0 aliphatic carbocycles. The molecule has 0 amide bonds. The molecule has 188 valence electrons. The van der Waals surface area contributed by atoms with Gasteiger partial charge in [0.25, 0.3) is 0 Å². The first-order valence-corrected chi connectivity index (χ1v) is 12.5. The summed E-state index contributed by atoms with van der Waals surface area (Å²) in [6.45, 7) is 4.42. The van der Waals surface area contributed by atoms with Crippen molar-refractivity contribution in [1.29, 1.82) is 0 Å². The Morgan fingerprint density at radius 3 is 2.54 bits per heavy atom. The molecule has 5 rings (SSSR count). The largest absolute Gasteiger partial charge is 0.333 e. The van der Waals surface area contributed by atoms with E-state index in [0.717, 1.165) is 52.9 Å². The number of tetrazole rings is 1. The molecule has 0 bridgehead atoms. The summed E-state index contributed by atoms with van der Waals surface area (Å²) in [5.74, 6) is 0.168. The fourth-order valence-corrected chi connectivity index (χ4v) is 4.57. The summed E-state index contributed by atoms with van der Waals surface area (Å²) >= 11 is 0. The van der Waals surface area contributed by atoms with Crippen LogP contribution in [-0.2, 0) is 19.4 Å². The topological polar surface area (TPSA) is 94.3 Å². The van der Waals surface area contributed by atoms with Crippen LogP contribution in [0.2, 0.25) is 0 Å². The second-order valence-corrected chi connectivity index (χ2v) is 8.91. The Morgan fingerprint density at radius 1 is 1.00 bits per heavy atom. The lowest BCUT2D eigenvalue weighted by molar-refractivity contribution is 0.609. The second-order valence-electron chi connectivity index (χ2n) is 8.91. The van der Waals surface area contributed by atoms with Gasteiger partial charge in [-0.1, -0.05) is 62.7 Å². The van der Waals surface area contributed by atoms with Gasteiger partial charge >= 0.3 is 5.69 Å². The lowest BCUT2D eigenvalue weighted by Gasteiger charge is -2.10. The number of nitrogens with zero attached hydrogens (tertiary/aromatic N) is 6. The number of imidazole rings is 1. The molecular weight excluding hydrogens is 469 g/mol. The maximum atomic E-state index is 14.9. The zero-order valence-corrected chi connectivity index (χ0v) is 20.9. The van der Waals surface area contributed by atoms with Gasteiger partial charge in [0, 0.05) is 29.2 Å². The number of hydrogen-bond donors (Lipinski definition) is 1. The molecule has 0 aliphatic heterocycles. The van der Waals surface area contributed by atoms with Crippen LogP contribution in [0.15, 0.2) is 71.8 Å². The summed E-state index contributed by atoms with van der Waals surface area (Å²) in [5.41, 5.74) is 5.15. The van der Waals surface area contributed by atoms with E-state index >= 15 is 0 Å². The fourth-order valence-electron chi connectivity index (χ4n) is 4.57. The number of H-pyrrole nitrogens is 1. The minimum Gasteiger partial charge on any atom is -0.292 e. The highest BCUT2D eigenvalue weighted by Gasteiger charge is 2.18. The van der Waals surface area contributed by atoms with Gasteiger partial charge in [0.1, 0.15) is 5.82 Å². The molecule has 0 aliphatic rings. The van der Waals surface area contributed by atoms with Gasteiger partial charge in [-0.2, -0.15) is 0 Å². The van der Waals surface area contributed by atoms with Gasteiger partial charge in [0.15, 0.2) is 5.82 Å². The van der Waals surface area contributed by atoms with Gasteiger partial charge in [0.05, 0.1) is 17.9 Å². The summed E-state index contributed by atoms with van der Waals surface area (Å²) in [6, 6.07) is 16.6. The van der Waals surface area contributed by atoms with Crippen molar-refractivity contribution in [3.05, 3.63) is 100 Å². The lowest BCUT2D eigenvalue weighted by atomic mass is 10.0. The number of pyridine rings is 1. The Balaban J connectivity index is 1.50. The highest BCUT2D eigenvalue weighted by Crippen LogP contribution is 2.28. The average Bonchev–Trinajstić information content (AvgIpc) is 3.57. The van der Waals surface area contributed by atoms with Crippen LogP contribution in [-0.4, -0.2) is 34.7 Å². The summed E-state index contributed by atoms with van der Waals surface area (Å²) in [6.07, 6.45) is 6.87. The van der Waals surface area contributed by atoms with Crippen LogP contribution in [0, 0.1) is 5.82 Å². The minimum atomic E-state index is -0.396. The van der Waals surface area contributed by atoms with E-state index in [-0.39, 0.29) is 5.69 Å². The molecular formula is C28H28FN7O. The van der Waals surface area contributed by atoms with Crippen molar-refractivity contribution >= 4 is 0 Å². The summed E-state index contributed by atoms with van der Waals surface area (Å²) in [4.78, 5) is 18.2. The van der Waals surface area contributed by atoms with Crippen molar-refractivity contribution in [2.45, 2.75) is 46.1 Å². The number of benzene rings is 2. The number of para-hydroxylation sites is 1. The maximum absolute atomic E-state index is 14.9. The van der Waals surface area contributed by atoms with Crippen LogP contribution in [0.5, 0.6) is 0 Å². The summed E-state index contributed by atoms with van der Waals surface area (Å²) in [5, 5.41) is 14.2. The SMILES string of the molecule is CCCCc1cn(-c2c(F)cccc2CC)c(=O)n1Cc1ccc(-c2ccccc2-c2nnn[nH]2)nc1. The molecule has 0 unspecified atom stereocenters. The minimum absolute atomic E-state index is 0.252. The first-order valence-electron chi connectivity index (χ1n) is 12.5. The molecule has 0 saturated heterocycles. The van der Waals surface area contributed by atoms with Crippen molar-refractivity contribution in [1.82, 2.24) is 34.7 Å². The monoisotopic (exact) mass is 497 g/mol. The Hall–Kier alpha value is -4.40. The molecule has 0 spiro atoms. The second kappa shape index (κ2) is 10.7. The zero-order chi connectivity index (χ0) is 25.8. The van der Waals surface area contributed by atoms with E-state index in [0.29, 0.717) is 24.5 Å².